The Hall–Kier alpha value is -3.35. The Morgan fingerprint density at radius 1 is 1.04 bits per heavy atom. The van der Waals surface area contributed by atoms with E-state index in [0.29, 0.717) is 29.3 Å². The van der Waals surface area contributed by atoms with Gasteiger partial charge in [-0.25, -0.2) is 10.2 Å². The van der Waals surface area contributed by atoms with E-state index in [4.69, 9.17) is 15.2 Å². The predicted octanol–water partition coefficient (Wildman–Crippen LogP) is 2.36. The van der Waals surface area contributed by atoms with Gasteiger partial charge in [0.15, 0.2) is 6.61 Å². The second-order valence-corrected chi connectivity index (χ2v) is 5.39. The number of hydrogen-bond acceptors (Lipinski definition) is 6. The quantitative estimate of drug-likeness (QED) is 0.343. The summed E-state index contributed by atoms with van der Waals surface area (Å²) in [6.45, 7) is 3.64. The van der Waals surface area contributed by atoms with Crippen LogP contribution in [0.1, 0.15) is 29.8 Å². The second kappa shape index (κ2) is 9.22. The maximum absolute atomic E-state index is 11.8. The zero-order chi connectivity index (χ0) is 18.9. The minimum atomic E-state index is -0.399. The Kier molecular flexibility index (Phi) is 6.73. The highest BCUT2D eigenvalue weighted by molar-refractivity contribution is 5.99. The van der Waals surface area contributed by atoms with Crippen LogP contribution in [0.5, 0.6) is 5.75 Å². The predicted molar refractivity (Wildman–Crippen MR) is 99.1 cm³/mol. The van der Waals surface area contributed by atoms with E-state index in [-0.39, 0.29) is 6.61 Å². The molecule has 3 N–H and O–H groups in total. The van der Waals surface area contributed by atoms with Crippen LogP contribution in [0.25, 0.3) is 0 Å². The Morgan fingerprint density at radius 2 is 1.65 bits per heavy atom. The van der Waals surface area contributed by atoms with Crippen LogP contribution in [-0.2, 0) is 9.53 Å². The van der Waals surface area contributed by atoms with Crippen LogP contribution in [0, 0.1) is 0 Å². The van der Waals surface area contributed by atoms with Gasteiger partial charge in [0.05, 0.1) is 17.9 Å². The fourth-order valence-electron chi connectivity index (χ4n) is 2.02. The first kappa shape index (κ1) is 19.0. The molecule has 2 aromatic rings. The number of esters is 1. The molecule has 2 rings (SSSR count). The van der Waals surface area contributed by atoms with Crippen LogP contribution in [0.15, 0.2) is 53.6 Å². The minimum absolute atomic E-state index is 0.197. The van der Waals surface area contributed by atoms with Crippen molar-refractivity contribution in [1.29, 1.82) is 0 Å². The van der Waals surface area contributed by atoms with E-state index in [9.17, 15) is 9.59 Å². The van der Waals surface area contributed by atoms with Crippen LogP contribution in [0.2, 0.25) is 0 Å². The van der Waals surface area contributed by atoms with Crippen molar-refractivity contribution in [2.45, 2.75) is 13.8 Å². The number of benzene rings is 2. The van der Waals surface area contributed by atoms with Crippen LogP contribution in [-0.4, -0.2) is 30.8 Å². The van der Waals surface area contributed by atoms with Gasteiger partial charge in [-0.05, 0) is 55.8 Å². The number of nitrogens with zero attached hydrogens (tertiary/aromatic N) is 1. The molecule has 0 radical (unpaired) electrons. The molecule has 0 unspecified atom stereocenters. The average Bonchev–Trinajstić information content (AvgIpc) is 2.65. The van der Waals surface area contributed by atoms with Gasteiger partial charge in [0, 0.05) is 5.69 Å². The zero-order valence-electron chi connectivity index (χ0n) is 14.7. The molecule has 0 saturated carbocycles. The van der Waals surface area contributed by atoms with E-state index < -0.39 is 11.9 Å². The van der Waals surface area contributed by atoms with Crippen molar-refractivity contribution in [3.8, 4) is 5.75 Å². The lowest BCUT2D eigenvalue weighted by Gasteiger charge is -2.07. The molecule has 0 aliphatic carbocycles. The van der Waals surface area contributed by atoms with Gasteiger partial charge < -0.3 is 15.2 Å². The molecule has 26 heavy (non-hydrogen) atoms. The third kappa shape index (κ3) is 5.62. The number of nitrogens with two attached hydrogens (primary N) is 1. The number of carbonyl (C=O) groups is 2. The zero-order valence-corrected chi connectivity index (χ0v) is 14.7. The lowest BCUT2D eigenvalue weighted by molar-refractivity contribution is -0.123. The third-order valence-electron chi connectivity index (χ3n) is 3.41. The maximum atomic E-state index is 11.8. The molecule has 0 aliphatic rings. The molecule has 136 valence electrons. The van der Waals surface area contributed by atoms with Crippen molar-refractivity contribution in [2.75, 3.05) is 18.9 Å². The summed E-state index contributed by atoms with van der Waals surface area (Å²) in [7, 11) is 0. The van der Waals surface area contributed by atoms with Crippen molar-refractivity contribution in [3.05, 3.63) is 59.7 Å². The summed E-state index contributed by atoms with van der Waals surface area (Å²) in [5, 5.41) is 4.03. The van der Waals surface area contributed by atoms with E-state index >= 15 is 0 Å². The Morgan fingerprint density at radius 3 is 2.27 bits per heavy atom. The summed E-state index contributed by atoms with van der Waals surface area (Å²) in [5.74, 6) is -0.328. The smallest absolute Gasteiger partial charge is 0.338 e. The molecule has 7 nitrogen and oxygen atoms in total. The summed E-state index contributed by atoms with van der Waals surface area (Å²) in [4.78, 5) is 23.4. The lowest BCUT2D eigenvalue weighted by atomic mass is 10.1. The maximum Gasteiger partial charge on any atom is 0.338 e. The van der Waals surface area contributed by atoms with E-state index in [2.05, 4.69) is 10.5 Å². The third-order valence-corrected chi connectivity index (χ3v) is 3.41. The molecular formula is C19H21N3O4. The summed E-state index contributed by atoms with van der Waals surface area (Å²) in [5.41, 5.74) is 10.7. The number of nitrogen functional groups attached to an aromatic ring is 1. The van der Waals surface area contributed by atoms with Crippen LogP contribution in [0.4, 0.5) is 5.69 Å². The van der Waals surface area contributed by atoms with Crippen molar-refractivity contribution < 1.29 is 19.1 Å². The Balaban J connectivity index is 1.83. The fraction of sp³-hybridized carbons (Fsp3) is 0.211. The van der Waals surface area contributed by atoms with Gasteiger partial charge in [-0.1, -0.05) is 12.1 Å². The normalized spacial score (nSPS) is 10.9. The number of hydrogen-bond donors (Lipinski definition) is 2. The molecular weight excluding hydrogens is 334 g/mol. The number of ether oxygens (including phenoxy) is 2. The molecule has 0 saturated heterocycles. The fourth-order valence-corrected chi connectivity index (χ4v) is 2.02. The highest BCUT2D eigenvalue weighted by Crippen LogP contribution is 2.13. The Labute approximate surface area is 151 Å². The summed E-state index contributed by atoms with van der Waals surface area (Å²) in [6, 6.07) is 13.5. The van der Waals surface area contributed by atoms with Crippen molar-refractivity contribution in [2.24, 2.45) is 5.10 Å². The standard InChI is InChI=1S/C19H21N3O4/c1-3-25-19(24)15-6-10-17(11-7-15)26-12-18(23)22-21-13(2)14-4-8-16(20)9-5-14/h4-11H,3,12,20H2,1-2H3,(H,22,23). The van der Waals surface area contributed by atoms with E-state index in [1.807, 2.05) is 12.1 Å². The monoisotopic (exact) mass is 355 g/mol. The van der Waals surface area contributed by atoms with Gasteiger partial charge in [-0.15, -0.1) is 0 Å². The number of nitrogens with one attached hydrogen (secondary N) is 1. The number of amides is 1. The van der Waals surface area contributed by atoms with E-state index in [0.717, 1.165) is 5.56 Å². The highest BCUT2D eigenvalue weighted by atomic mass is 16.5. The van der Waals surface area contributed by atoms with Gasteiger partial charge in [-0.3, -0.25) is 4.79 Å². The second-order valence-electron chi connectivity index (χ2n) is 5.39. The van der Waals surface area contributed by atoms with E-state index in [1.54, 1.807) is 50.2 Å². The molecule has 0 spiro atoms. The molecule has 0 atom stereocenters. The summed E-state index contributed by atoms with van der Waals surface area (Å²) < 4.78 is 10.3. The average molecular weight is 355 g/mol. The van der Waals surface area contributed by atoms with Crippen LogP contribution >= 0.6 is 0 Å². The topological polar surface area (TPSA) is 103 Å². The molecule has 0 bridgehead atoms. The van der Waals surface area contributed by atoms with E-state index in [1.165, 1.54) is 0 Å². The summed E-state index contributed by atoms with van der Waals surface area (Å²) in [6.07, 6.45) is 0. The van der Waals surface area contributed by atoms with Crippen molar-refractivity contribution >= 4 is 23.3 Å². The largest absolute Gasteiger partial charge is 0.484 e. The van der Waals surface area contributed by atoms with Crippen molar-refractivity contribution in [3.63, 3.8) is 0 Å². The molecule has 0 fully saturated rings. The molecule has 0 aromatic heterocycles. The molecule has 1 amide bonds. The van der Waals surface area contributed by atoms with Crippen molar-refractivity contribution in [1.82, 2.24) is 5.43 Å². The molecule has 0 aliphatic heterocycles. The first-order valence-electron chi connectivity index (χ1n) is 8.08. The van der Waals surface area contributed by atoms with Gasteiger partial charge in [0.2, 0.25) is 0 Å². The SMILES string of the molecule is CCOC(=O)c1ccc(OCC(=O)NN=C(C)c2ccc(N)cc2)cc1. The summed E-state index contributed by atoms with van der Waals surface area (Å²) >= 11 is 0. The first-order valence-corrected chi connectivity index (χ1v) is 8.08. The van der Waals surface area contributed by atoms with Crippen LogP contribution in [0.3, 0.4) is 0 Å². The number of anilines is 1. The van der Waals surface area contributed by atoms with Gasteiger partial charge in [0.25, 0.3) is 5.91 Å². The molecule has 7 heteroatoms. The Bertz CT molecular complexity index is 783. The highest BCUT2D eigenvalue weighted by Gasteiger charge is 2.07. The van der Waals surface area contributed by atoms with Gasteiger partial charge in [0.1, 0.15) is 5.75 Å². The minimum Gasteiger partial charge on any atom is -0.484 e. The first-order chi connectivity index (χ1) is 12.5. The molecule has 0 heterocycles. The van der Waals surface area contributed by atoms with Gasteiger partial charge >= 0.3 is 5.97 Å². The number of rotatable bonds is 7. The lowest BCUT2D eigenvalue weighted by Crippen LogP contribution is -2.25. The molecule has 2 aromatic carbocycles. The number of hydrazone groups is 1. The van der Waals surface area contributed by atoms with Crippen LogP contribution < -0.4 is 15.9 Å². The number of carbonyl (C=O) groups excluding carboxylic acids is 2. The van der Waals surface area contributed by atoms with Gasteiger partial charge in [-0.2, -0.15) is 5.10 Å².